The standard InChI is InChI=1S/C12H15NO5/c1-7(6-14)13-12(18)11(17)5-8-2-3-9(15)10(16)4-8/h2-4,6-7,11,15-17H,5H2,1H3,(H,13,18). The zero-order valence-electron chi connectivity index (χ0n) is 9.83. The predicted molar refractivity (Wildman–Crippen MR) is 63.2 cm³/mol. The van der Waals surface area contributed by atoms with Crippen LogP contribution in [-0.4, -0.2) is 39.7 Å². The number of benzene rings is 1. The smallest absolute Gasteiger partial charge is 0.249 e. The molecule has 0 saturated carbocycles. The van der Waals surface area contributed by atoms with Crippen LogP contribution in [0.3, 0.4) is 0 Å². The molecule has 2 unspecified atom stereocenters. The first-order chi connectivity index (χ1) is 8.43. The third-order valence-corrected chi connectivity index (χ3v) is 2.35. The molecule has 18 heavy (non-hydrogen) atoms. The monoisotopic (exact) mass is 253 g/mol. The van der Waals surface area contributed by atoms with E-state index in [1.807, 2.05) is 0 Å². The van der Waals surface area contributed by atoms with Crippen LogP contribution in [0.4, 0.5) is 0 Å². The summed E-state index contributed by atoms with van der Waals surface area (Å²) in [6.45, 7) is 1.49. The minimum absolute atomic E-state index is 0.0226. The number of carbonyl (C=O) groups is 2. The number of nitrogens with one attached hydrogen (secondary N) is 1. The number of amides is 1. The number of phenolic OH excluding ortho intramolecular Hbond substituents is 2. The second kappa shape index (κ2) is 6.02. The number of carbonyl (C=O) groups excluding carboxylic acids is 2. The Kier molecular flexibility index (Phi) is 4.67. The molecule has 1 aromatic rings. The third-order valence-electron chi connectivity index (χ3n) is 2.35. The molecule has 2 atom stereocenters. The number of hydrogen-bond acceptors (Lipinski definition) is 5. The molecular formula is C12H15NO5. The van der Waals surface area contributed by atoms with Crippen LogP contribution in [0.15, 0.2) is 18.2 Å². The lowest BCUT2D eigenvalue weighted by Crippen LogP contribution is -2.41. The van der Waals surface area contributed by atoms with Gasteiger partial charge in [-0.3, -0.25) is 4.79 Å². The minimum Gasteiger partial charge on any atom is -0.504 e. The summed E-state index contributed by atoms with van der Waals surface area (Å²) < 4.78 is 0. The largest absolute Gasteiger partial charge is 0.504 e. The van der Waals surface area contributed by atoms with Gasteiger partial charge in [-0.05, 0) is 24.6 Å². The van der Waals surface area contributed by atoms with Gasteiger partial charge in [0, 0.05) is 6.42 Å². The van der Waals surface area contributed by atoms with Crippen molar-refractivity contribution in [1.82, 2.24) is 5.32 Å². The van der Waals surface area contributed by atoms with Crippen LogP contribution >= 0.6 is 0 Å². The average molecular weight is 253 g/mol. The Bertz CT molecular complexity index is 446. The average Bonchev–Trinajstić information content (AvgIpc) is 2.33. The highest BCUT2D eigenvalue weighted by atomic mass is 16.3. The fourth-order valence-corrected chi connectivity index (χ4v) is 1.37. The summed E-state index contributed by atoms with van der Waals surface area (Å²) in [6.07, 6.45) is -0.793. The molecule has 0 aromatic heterocycles. The molecule has 0 saturated heterocycles. The van der Waals surface area contributed by atoms with E-state index in [0.717, 1.165) is 0 Å². The lowest BCUT2D eigenvalue weighted by Gasteiger charge is -2.13. The number of aliphatic hydroxyl groups excluding tert-OH is 1. The van der Waals surface area contributed by atoms with Crippen LogP contribution in [0.25, 0.3) is 0 Å². The molecular weight excluding hydrogens is 238 g/mol. The number of aldehydes is 1. The molecule has 0 heterocycles. The van der Waals surface area contributed by atoms with E-state index in [4.69, 9.17) is 5.11 Å². The summed E-state index contributed by atoms with van der Waals surface area (Å²) in [7, 11) is 0. The van der Waals surface area contributed by atoms with Crippen molar-refractivity contribution in [2.45, 2.75) is 25.5 Å². The highest BCUT2D eigenvalue weighted by molar-refractivity contribution is 5.83. The third kappa shape index (κ3) is 3.74. The molecule has 0 fully saturated rings. The molecule has 1 rings (SSSR count). The summed E-state index contributed by atoms with van der Waals surface area (Å²) in [5.41, 5.74) is 0.492. The Morgan fingerprint density at radius 1 is 1.39 bits per heavy atom. The molecule has 0 aliphatic rings. The van der Waals surface area contributed by atoms with Crippen molar-refractivity contribution in [3.05, 3.63) is 23.8 Å². The van der Waals surface area contributed by atoms with Crippen molar-refractivity contribution in [2.24, 2.45) is 0 Å². The van der Waals surface area contributed by atoms with Gasteiger partial charge in [-0.1, -0.05) is 6.07 Å². The number of aromatic hydroxyl groups is 2. The topological polar surface area (TPSA) is 107 Å². The first-order valence-electron chi connectivity index (χ1n) is 5.38. The second-order valence-corrected chi connectivity index (χ2v) is 3.98. The van der Waals surface area contributed by atoms with E-state index in [1.165, 1.54) is 25.1 Å². The lowest BCUT2D eigenvalue weighted by atomic mass is 10.1. The molecule has 1 aromatic carbocycles. The molecule has 0 radical (unpaired) electrons. The zero-order valence-corrected chi connectivity index (χ0v) is 9.83. The first kappa shape index (κ1) is 14.0. The molecule has 0 aliphatic heterocycles. The summed E-state index contributed by atoms with van der Waals surface area (Å²) >= 11 is 0. The molecule has 6 nitrogen and oxygen atoms in total. The van der Waals surface area contributed by atoms with Gasteiger partial charge in [0.1, 0.15) is 12.4 Å². The van der Waals surface area contributed by atoms with Gasteiger partial charge in [0.05, 0.1) is 6.04 Å². The van der Waals surface area contributed by atoms with E-state index < -0.39 is 18.1 Å². The van der Waals surface area contributed by atoms with E-state index in [1.54, 1.807) is 0 Å². The number of hydrogen-bond donors (Lipinski definition) is 4. The summed E-state index contributed by atoms with van der Waals surface area (Å²) in [6, 6.07) is 3.34. The van der Waals surface area contributed by atoms with E-state index in [0.29, 0.717) is 11.8 Å². The normalized spacial score (nSPS) is 13.7. The molecule has 1 amide bonds. The Morgan fingerprint density at radius 2 is 2.06 bits per heavy atom. The second-order valence-electron chi connectivity index (χ2n) is 3.98. The van der Waals surface area contributed by atoms with Crippen molar-refractivity contribution in [3.63, 3.8) is 0 Å². The Hall–Kier alpha value is -2.08. The number of phenols is 2. The lowest BCUT2D eigenvalue weighted by molar-refractivity contribution is -0.131. The van der Waals surface area contributed by atoms with Gasteiger partial charge in [-0.25, -0.2) is 0 Å². The maximum atomic E-state index is 11.4. The zero-order chi connectivity index (χ0) is 13.7. The van der Waals surface area contributed by atoms with Crippen LogP contribution in [0, 0.1) is 0 Å². The molecule has 98 valence electrons. The Labute approximate surface area is 104 Å². The Balaban J connectivity index is 2.63. The van der Waals surface area contributed by atoms with Gasteiger partial charge >= 0.3 is 0 Å². The van der Waals surface area contributed by atoms with Crippen molar-refractivity contribution < 1.29 is 24.9 Å². The van der Waals surface area contributed by atoms with Crippen LogP contribution in [0.1, 0.15) is 12.5 Å². The van der Waals surface area contributed by atoms with E-state index in [2.05, 4.69) is 5.32 Å². The maximum Gasteiger partial charge on any atom is 0.249 e. The fourth-order valence-electron chi connectivity index (χ4n) is 1.37. The van der Waals surface area contributed by atoms with E-state index in [-0.39, 0.29) is 17.9 Å². The van der Waals surface area contributed by atoms with Gasteiger partial charge in [0.2, 0.25) is 5.91 Å². The molecule has 0 aliphatic carbocycles. The van der Waals surface area contributed by atoms with Gasteiger partial charge in [-0.15, -0.1) is 0 Å². The van der Waals surface area contributed by atoms with Crippen LogP contribution in [-0.2, 0) is 16.0 Å². The van der Waals surface area contributed by atoms with Crippen LogP contribution in [0.5, 0.6) is 11.5 Å². The van der Waals surface area contributed by atoms with Crippen LogP contribution < -0.4 is 5.32 Å². The highest BCUT2D eigenvalue weighted by Gasteiger charge is 2.17. The predicted octanol–water partition coefficient (Wildman–Crippen LogP) is -0.295. The first-order valence-corrected chi connectivity index (χ1v) is 5.38. The van der Waals surface area contributed by atoms with Gasteiger partial charge in [-0.2, -0.15) is 0 Å². The summed E-state index contributed by atoms with van der Waals surface area (Å²) in [4.78, 5) is 21.8. The molecule has 0 bridgehead atoms. The number of aliphatic hydroxyl groups is 1. The fraction of sp³-hybridized carbons (Fsp3) is 0.333. The molecule has 0 spiro atoms. The van der Waals surface area contributed by atoms with Crippen molar-refractivity contribution in [1.29, 1.82) is 0 Å². The van der Waals surface area contributed by atoms with E-state index >= 15 is 0 Å². The SMILES string of the molecule is CC(C=O)NC(=O)C(O)Cc1ccc(O)c(O)c1. The van der Waals surface area contributed by atoms with E-state index in [9.17, 15) is 19.8 Å². The minimum atomic E-state index is -1.32. The van der Waals surface area contributed by atoms with Gasteiger partial charge in [0.15, 0.2) is 11.5 Å². The van der Waals surface area contributed by atoms with Gasteiger partial charge in [0.25, 0.3) is 0 Å². The Morgan fingerprint density at radius 3 is 2.61 bits per heavy atom. The van der Waals surface area contributed by atoms with Crippen LogP contribution in [0.2, 0.25) is 0 Å². The molecule has 6 heteroatoms. The highest BCUT2D eigenvalue weighted by Crippen LogP contribution is 2.25. The molecule has 4 N–H and O–H groups in total. The van der Waals surface area contributed by atoms with Gasteiger partial charge < -0.3 is 25.4 Å². The van der Waals surface area contributed by atoms with Crippen molar-refractivity contribution >= 4 is 12.2 Å². The maximum absolute atomic E-state index is 11.4. The van der Waals surface area contributed by atoms with Crippen molar-refractivity contribution in [3.8, 4) is 11.5 Å². The summed E-state index contributed by atoms with van der Waals surface area (Å²) in [5, 5.41) is 30.3. The number of rotatable bonds is 5. The summed E-state index contributed by atoms with van der Waals surface area (Å²) in [5.74, 6) is -1.25. The van der Waals surface area contributed by atoms with Crippen molar-refractivity contribution in [2.75, 3.05) is 0 Å². The quantitative estimate of drug-likeness (QED) is 0.426.